The Morgan fingerprint density at radius 3 is 2.61 bits per heavy atom. The van der Waals surface area contributed by atoms with Gasteiger partial charge in [-0.1, -0.05) is 29.3 Å². The molecule has 1 heterocycles. The van der Waals surface area contributed by atoms with E-state index in [9.17, 15) is 4.79 Å². The maximum absolute atomic E-state index is 11.0. The Kier molecular flexibility index (Phi) is 4.02. The number of hydrogen-bond acceptors (Lipinski definition) is 2. The maximum atomic E-state index is 11.0. The van der Waals surface area contributed by atoms with Crippen LogP contribution in [0.5, 0.6) is 0 Å². The highest BCUT2D eigenvalue weighted by Gasteiger charge is 2.25. The summed E-state index contributed by atoms with van der Waals surface area (Å²) in [5.74, 6) is -0.843. The van der Waals surface area contributed by atoms with E-state index in [-0.39, 0.29) is 5.92 Å². The van der Waals surface area contributed by atoms with Crippen molar-refractivity contribution in [3.05, 3.63) is 34.9 Å². The van der Waals surface area contributed by atoms with Gasteiger partial charge in [-0.25, -0.2) is 0 Å². The topological polar surface area (TPSA) is 40.5 Å². The van der Waals surface area contributed by atoms with Crippen LogP contribution >= 0.6 is 0 Å². The third kappa shape index (κ3) is 3.33. The number of piperidine rings is 1. The molecule has 3 heteroatoms. The highest BCUT2D eigenvalue weighted by Crippen LogP contribution is 2.19. The molecular weight excluding hydrogens is 226 g/mol. The summed E-state index contributed by atoms with van der Waals surface area (Å²) >= 11 is 0. The van der Waals surface area contributed by atoms with Crippen LogP contribution in [-0.2, 0) is 11.3 Å². The number of likely N-dealkylation sites (tertiary alicyclic amines) is 1. The second-order valence-electron chi connectivity index (χ2n) is 5.41. The standard InChI is InChI=1S/C15H21NO2/c1-11-6-12(2)8-13(7-11)9-16-5-3-4-14(10-16)15(17)18/h6-8,14H,3-5,9-10H2,1-2H3,(H,17,18)/t14-/m1/s1. The first-order chi connectivity index (χ1) is 8.54. The van der Waals surface area contributed by atoms with Crippen molar-refractivity contribution in [1.29, 1.82) is 0 Å². The van der Waals surface area contributed by atoms with Crippen LogP contribution in [0.3, 0.4) is 0 Å². The van der Waals surface area contributed by atoms with E-state index in [4.69, 9.17) is 5.11 Å². The summed E-state index contributed by atoms with van der Waals surface area (Å²) in [6.45, 7) is 6.77. The summed E-state index contributed by atoms with van der Waals surface area (Å²) < 4.78 is 0. The number of nitrogens with zero attached hydrogens (tertiary/aromatic N) is 1. The van der Waals surface area contributed by atoms with E-state index in [1.54, 1.807) is 0 Å². The molecule has 18 heavy (non-hydrogen) atoms. The van der Waals surface area contributed by atoms with E-state index >= 15 is 0 Å². The minimum atomic E-state index is -0.653. The monoisotopic (exact) mass is 247 g/mol. The molecule has 3 nitrogen and oxygen atoms in total. The molecule has 1 aromatic rings. The number of benzene rings is 1. The minimum Gasteiger partial charge on any atom is -0.481 e. The Hall–Kier alpha value is -1.35. The highest BCUT2D eigenvalue weighted by atomic mass is 16.4. The lowest BCUT2D eigenvalue weighted by Crippen LogP contribution is -2.38. The van der Waals surface area contributed by atoms with Gasteiger partial charge in [0.2, 0.25) is 0 Å². The predicted molar refractivity (Wildman–Crippen MR) is 71.6 cm³/mol. The van der Waals surface area contributed by atoms with Gasteiger partial charge in [-0.05, 0) is 38.8 Å². The molecule has 1 atom stereocenters. The number of aryl methyl sites for hydroxylation is 2. The molecule has 1 aliphatic heterocycles. The largest absolute Gasteiger partial charge is 0.481 e. The predicted octanol–water partition coefficient (Wildman–Crippen LogP) is 2.60. The molecule has 1 saturated heterocycles. The van der Waals surface area contributed by atoms with Gasteiger partial charge in [0.25, 0.3) is 0 Å². The molecule has 0 radical (unpaired) electrons. The maximum Gasteiger partial charge on any atom is 0.307 e. The normalized spacial score (nSPS) is 20.9. The first-order valence-electron chi connectivity index (χ1n) is 6.57. The number of carbonyl (C=O) groups is 1. The Bertz CT molecular complexity index is 422. The zero-order valence-corrected chi connectivity index (χ0v) is 11.1. The van der Waals surface area contributed by atoms with Crippen molar-refractivity contribution >= 4 is 5.97 Å². The first-order valence-corrected chi connectivity index (χ1v) is 6.57. The van der Waals surface area contributed by atoms with Crippen LogP contribution in [0.25, 0.3) is 0 Å². The summed E-state index contributed by atoms with van der Waals surface area (Å²) in [5, 5.41) is 9.08. The molecular formula is C15H21NO2. The van der Waals surface area contributed by atoms with Crippen molar-refractivity contribution in [2.75, 3.05) is 13.1 Å². The van der Waals surface area contributed by atoms with Crippen molar-refractivity contribution in [2.24, 2.45) is 5.92 Å². The fourth-order valence-electron chi connectivity index (χ4n) is 2.82. The number of carboxylic acid groups (broad SMARTS) is 1. The Morgan fingerprint density at radius 1 is 1.33 bits per heavy atom. The Balaban J connectivity index is 2.02. The lowest BCUT2D eigenvalue weighted by Gasteiger charge is -2.30. The zero-order valence-electron chi connectivity index (χ0n) is 11.1. The average molecular weight is 247 g/mol. The molecule has 1 N–H and O–H groups in total. The van der Waals surface area contributed by atoms with Gasteiger partial charge in [0.15, 0.2) is 0 Å². The molecule has 1 aliphatic rings. The van der Waals surface area contributed by atoms with E-state index in [0.29, 0.717) is 6.54 Å². The SMILES string of the molecule is Cc1cc(C)cc(CN2CCC[C@@H](C(=O)O)C2)c1. The van der Waals surface area contributed by atoms with Crippen LogP contribution < -0.4 is 0 Å². The molecule has 98 valence electrons. The van der Waals surface area contributed by atoms with Crippen LogP contribution in [0, 0.1) is 19.8 Å². The second-order valence-corrected chi connectivity index (χ2v) is 5.41. The quantitative estimate of drug-likeness (QED) is 0.892. The van der Waals surface area contributed by atoms with Crippen molar-refractivity contribution in [3.8, 4) is 0 Å². The van der Waals surface area contributed by atoms with Crippen molar-refractivity contribution in [2.45, 2.75) is 33.2 Å². The van der Waals surface area contributed by atoms with Crippen LogP contribution in [-0.4, -0.2) is 29.1 Å². The fraction of sp³-hybridized carbons (Fsp3) is 0.533. The molecule has 0 saturated carbocycles. The van der Waals surface area contributed by atoms with Crippen LogP contribution in [0.15, 0.2) is 18.2 Å². The summed E-state index contributed by atoms with van der Waals surface area (Å²) in [6.07, 6.45) is 1.81. The van der Waals surface area contributed by atoms with Gasteiger partial charge in [-0.15, -0.1) is 0 Å². The van der Waals surface area contributed by atoms with E-state index in [1.165, 1.54) is 16.7 Å². The summed E-state index contributed by atoms with van der Waals surface area (Å²) in [6, 6.07) is 6.55. The van der Waals surface area contributed by atoms with E-state index in [0.717, 1.165) is 25.9 Å². The van der Waals surface area contributed by atoms with Crippen molar-refractivity contribution in [1.82, 2.24) is 4.90 Å². The third-order valence-electron chi connectivity index (χ3n) is 3.54. The third-order valence-corrected chi connectivity index (χ3v) is 3.54. The van der Waals surface area contributed by atoms with Crippen LogP contribution in [0.1, 0.15) is 29.5 Å². The number of rotatable bonds is 3. The van der Waals surface area contributed by atoms with Gasteiger partial charge >= 0.3 is 5.97 Å². The van der Waals surface area contributed by atoms with Gasteiger partial charge < -0.3 is 5.11 Å². The van der Waals surface area contributed by atoms with Crippen LogP contribution in [0.2, 0.25) is 0 Å². The Labute approximate surface area is 108 Å². The number of carboxylic acids is 1. The molecule has 0 aliphatic carbocycles. The lowest BCUT2D eigenvalue weighted by atomic mass is 9.97. The van der Waals surface area contributed by atoms with Gasteiger partial charge in [0, 0.05) is 13.1 Å². The summed E-state index contributed by atoms with van der Waals surface area (Å²) in [4.78, 5) is 13.3. The number of hydrogen-bond donors (Lipinski definition) is 1. The van der Waals surface area contributed by atoms with Crippen molar-refractivity contribution in [3.63, 3.8) is 0 Å². The summed E-state index contributed by atoms with van der Waals surface area (Å²) in [7, 11) is 0. The summed E-state index contributed by atoms with van der Waals surface area (Å²) in [5.41, 5.74) is 3.84. The molecule has 0 amide bonds. The molecule has 0 bridgehead atoms. The molecule has 0 aromatic heterocycles. The Morgan fingerprint density at radius 2 is 2.00 bits per heavy atom. The first kappa shape index (κ1) is 13.1. The molecule has 1 fully saturated rings. The molecule has 0 unspecified atom stereocenters. The zero-order chi connectivity index (χ0) is 13.1. The van der Waals surface area contributed by atoms with Crippen molar-refractivity contribution < 1.29 is 9.90 Å². The molecule has 2 rings (SSSR count). The lowest BCUT2D eigenvalue weighted by molar-refractivity contribution is -0.143. The second kappa shape index (κ2) is 5.53. The van der Waals surface area contributed by atoms with Gasteiger partial charge in [0.1, 0.15) is 0 Å². The smallest absolute Gasteiger partial charge is 0.307 e. The molecule has 1 aromatic carbocycles. The highest BCUT2D eigenvalue weighted by molar-refractivity contribution is 5.70. The van der Waals surface area contributed by atoms with Gasteiger partial charge in [0.05, 0.1) is 5.92 Å². The van der Waals surface area contributed by atoms with E-state index < -0.39 is 5.97 Å². The fourth-order valence-corrected chi connectivity index (χ4v) is 2.82. The van der Waals surface area contributed by atoms with Gasteiger partial charge in [-0.2, -0.15) is 0 Å². The minimum absolute atomic E-state index is 0.190. The molecule has 0 spiro atoms. The number of aliphatic carboxylic acids is 1. The average Bonchev–Trinajstić information content (AvgIpc) is 2.27. The van der Waals surface area contributed by atoms with Gasteiger partial charge in [-0.3, -0.25) is 9.69 Å². The van der Waals surface area contributed by atoms with Crippen LogP contribution in [0.4, 0.5) is 0 Å². The van der Waals surface area contributed by atoms with E-state index in [2.05, 4.69) is 36.9 Å². The van der Waals surface area contributed by atoms with E-state index in [1.807, 2.05) is 0 Å².